The molecule has 0 unspecified atom stereocenters. The minimum atomic E-state index is -1.28. The molecule has 0 aromatic rings. The Kier molecular flexibility index (Phi) is 3.04. The van der Waals surface area contributed by atoms with Crippen LogP contribution in [-0.4, -0.2) is 17.3 Å². The Hall–Kier alpha value is -1.45. The van der Waals surface area contributed by atoms with Crippen LogP contribution in [0.2, 0.25) is 0 Å². The summed E-state index contributed by atoms with van der Waals surface area (Å²) in [4.78, 5) is 13.1. The summed E-state index contributed by atoms with van der Waals surface area (Å²) in [5, 5.41) is 8.13. The van der Waals surface area contributed by atoms with Crippen molar-refractivity contribution >= 4 is 12.2 Å². The summed E-state index contributed by atoms with van der Waals surface area (Å²) in [7, 11) is 0. The molecule has 0 saturated heterocycles. The van der Waals surface area contributed by atoms with Gasteiger partial charge >= 0.3 is 5.97 Å². The summed E-state index contributed by atoms with van der Waals surface area (Å²) in [6.45, 7) is 5.86. The molecule has 3 nitrogen and oxygen atoms in total. The van der Waals surface area contributed by atoms with Gasteiger partial charge in [0.05, 0.1) is 6.21 Å². The number of halogens is 1. The molecule has 0 heterocycles. The third-order valence-corrected chi connectivity index (χ3v) is 0.607. The zero-order chi connectivity index (χ0) is 8.15. The molecule has 1 N–H and O–H groups in total. The number of aliphatic carboxylic acids is 1. The third-order valence-electron chi connectivity index (χ3n) is 0.607. The van der Waals surface area contributed by atoms with Gasteiger partial charge in [0.25, 0.3) is 0 Å². The smallest absolute Gasteiger partial charge is 0.353 e. The summed E-state index contributed by atoms with van der Waals surface area (Å²) in [5.74, 6) is -2.08. The average Bonchev–Trinajstić information content (AvgIpc) is 1.82. The van der Waals surface area contributed by atoms with Crippen molar-refractivity contribution in [1.29, 1.82) is 0 Å². The first kappa shape index (κ1) is 8.55. The van der Waals surface area contributed by atoms with E-state index >= 15 is 0 Å². The van der Waals surface area contributed by atoms with Crippen molar-refractivity contribution in [3.63, 3.8) is 0 Å². The first-order valence-electron chi connectivity index (χ1n) is 2.34. The van der Waals surface area contributed by atoms with Crippen molar-refractivity contribution < 1.29 is 14.3 Å². The van der Waals surface area contributed by atoms with E-state index < -0.39 is 17.5 Å². The van der Waals surface area contributed by atoms with Crippen LogP contribution in [0.25, 0.3) is 0 Å². The van der Waals surface area contributed by atoms with Gasteiger partial charge in [-0.25, -0.2) is 14.2 Å². The molecule has 0 rings (SSSR count). The van der Waals surface area contributed by atoms with Gasteiger partial charge in [0.15, 0.2) is 0 Å². The minimum absolute atomic E-state index is 0.418. The maximum Gasteiger partial charge on any atom is 0.353 e. The lowest BCUT2D eigenvalue weighted by Crippen LogP contribution is -1.95. The van der Waals surface area contributed by atoms with E-state index in [0.717, 1.165) is 0 Å². The van der Waals surface area contributed by atoms with Gasteiger partial charge < -0.3 is 5.11 Å². The normalized spacial score (nSPS) is 9.70. The second-order valence-electron chi connectivity index (χ2n) is 1.46. The molecule has 0 aromatic carbocycles. The van der Waals surface area contributed by atoms with Crippen molar-refractivity contribution in [1.82, 2.24) is 0 Å². The van der Waals surface area contributed by atoms with Crippen molar-refractivity contribution in [2.75, 3.05) is 0 Å². The van der Waals surface area contributed by atoms with E-state index in [-0.39, 0.29) is 0 Å². The van der Waals surface area contributed by atoms with E-state index in [4.69, 9.17) is 5.11 Å². The van der Waals surface area contributed by atoms with Crippen LogP contribution in [0.4, 0.5) is 4.39 Å². The Labute approximate surface area is 57.2 Å². The van der Waals surface area contributed by atoms with Crippen LogP contribution in [0.1, 0.15) is 0 Å². The van der Waals surface area contributed by atoms with Crippen LogP contribution in [-0.2, 0) is 4.79 Å². The van der Waals surface area contributed by atoms with E-state index in [1.54, 1.807) is 0 Å². The Balaban J connectivity index is 4.03. The molecule has 0 aromatic heterocycles. The lowest BCUT2D eigenvalue weighted by atomic mass is 10.5. The molecule has 54 valence electrons. The van der Waals surface area contributed by atoms with Gasteiger partial charge in [0.2, 0.25) is 0 Å². The number of hydrogen-bond acceptors (Lipinski definition) is 2. The van der Waals surface area contributed by atoms with Gasteiger partial charge in [0, 0.05) is 0 Å². The molecule has 4 heteroatoms. The molecular formula is C6H6FNO2. The zero-order valence-electron chi connectivity index (χ0n) is 5.17. The molecule has 0 aliphatic carbocycles. The summed E-state index contributed by atoms with van der Waals surface area (Å²) in [5.41, 5.74) is -0.418. The van der Waals surface area contributed by atoms with Crippen LogP contribution in [0.15, 0.2) is 29.7 Å². The van der Waals surface area contributed by atoms with E-state index in [1.807, 2.05) is 0 Å². The van der Waals surface area contributed by atoms with E-state index in [9.17, 15) is 9.18 Å². The van der Waals surface area contributed by atoms with Crippen LogP contribution >= 0.6 is 0 Å². The first-order valence-corrected chi connectivity index (χ1v) is 2.34. The monoisotopic (exact) mass is 143 g/mol. The predicted octanol–water partition coefficient (Wildman–Crippen LogP) is 1.14. The number of carbonyl (C=O) groups is 1. The maximum atomic E-state index is 11.7. The molecule has 0 aliphatic heterocycles. The van der Waals surface area contributed by atoms with Crippen molar-refractivity contribution in [3.8, 4) is 0 Å². The second-order valence-corrected chi connectivity index (χ2v) is 1.46. The summed E-state index contributed by atoms with van der Waals surface area (Å²) in [6, 6.07) is 0. The van der Waals surface area contributed by atoms with Crippen LogP contribution in [0, 0.1) is 0 Å². The lowest BCUT2D eigenvalue weighted by molar-refractivity contribution is -0.132. The molecule has 0 bridgehead atoms. The fraction of sp³-hybridized carbons (Fsp3) is 0. The van der Waals surface area contributed by atoms with Crippen molar-refractivity contribution in [3.05, 3.63) is 24.7 Å². The van der Waals surface area contributed by atoms with Crippen molar-refractivity contribution in [2.24, 2.45) is 4.99 Å². The SMILES string of the molecule is C=C(F)/C=N\C(=C)C(=O)O. The Morgan fingerprint density at radius 1 is 1.60 bits per heavy atom. The van der Waals surface area contributed by atoms with Crippen LogP contribution in [0.3, 0.4) is 0 Å². The number of carboxylic acid groups (broad SMARTS) is 1. The zero-order valence-corrected chi connectivity index (χ0v) is 5.17. The fourth-order valence-corrected chi connectivity index (χ4v) is 0.203. The number of rotatable bonds is 3. The Morgan fingerprint density at radius 3 is 2.40 bits per heavy atom. The van der Waals surface area contributed by atoms with Crippen molar-refractivity contribution in [2.45, 2.75) is 0 Å². The van der Waals surface area contributed by atoms with E-state index in [0.29, 0.717) is 6.21 Å². The van der Waals surface area contributed by atoms with Gasteiger partial charge in [-0.3, -0.25) is 0 Å². The molecular weight excluding hydrogens is 137 g/mol. The number of aliphatic imine (C=N–C) groups is 1. The highest BCUT2D eigenvalue weighted by atomic mass is 19.1. The Morgan fingerprint density at radius 2 is 2.10 bits per heavy atom. The molecule has 0 amide bonds. The van der Waals surface area contributed by atoms with E-state index in [1.165, 1.54) is 0 Å². The number of allylic oxidation sites excluding steroid dienone is 1. The summed E-state index contributed by atoms with van der Waals surface area (Å²) < 4.78 is 11.7. The highest BCUT2D eigenvalue weighted by Crippen LogP contribution is 1.93. The standard InChI is InChI=1S/C6H6FNO2/c1-4(7)3-8-5(2)6(9)10/h3H,1-2H2,(H,9,10)/b8-3-. The topological polar surface area (TPSA) is 49.7 Å². The first-order chi connectivity index (χ1) is 4.54. The van der Waals surface area contributed by atoms with Crippen LogP contribution < -0.4 is 0 Å². The number of carboxylic acids is 1. The van der Waals surface area contributed by atoms with Gasteiger partial charge in [-0.15, -0.1) is 0 Å². The largest absolute Gasteiger partial charge is 0.477 e. The number of hydrogen-bond donors (Lipinski definition) is 1. The van der Waals surface area contributed by atoms with Crippen LogP contribution in [0.5, 0.6) is 0 Å². The molecule has 0 aliphatic rings. The van der Waals surface area contributed by atoms with Gasteiger partial charge in [-0.1, -0.05) is 13.2 Å². The second kappa shape index (κ2) is 3.55. The fourth-order valence-electron chi connectivity index (χ4n) is 0.203. The minimum Gasteiger partial charge on any atom is -0.477 e. The summed E-state index contributed by atoms with van der Waals surface area (Å²) >= 11 is 0. The summed E-state index contributed by atoms with van der Waals surface area (Å²) in [6.07, 6.45) is 0.691. The molecule has 10 heavy (non-hydrogen) atoms. The molecule has 0 spiro atoms. The molecule has 0 saturated carbocycles. The van der Waals surface area contributed by atoms with Gasteiger partial charge in [-0.2, -0.15) is 0 Å². The Bertz CT molecular complexity index is 208. The number of nitrogens with zero attached hydrogens (tertiary/aromatic N) is 1. The predicted molar refractivity (Wildman–Crippen MR) is 35.5 cm³/mol. The van der Waals surface area contributed by atoms with Gasteiger partial charge in [-0.05, 0) is 0 Å². The lowest BCUT2D eigenvalue weighted by Gasteiger charge is -1.86. The highest BCUT2D eigenvalue weighted by molar-refractivity contribution is 5.89. The molecule has 0 fully saturated rings. The molecule has 0 atom stereocenters. The van der Waals surface area contributed by atoms with E-state index in [2.05, 4.69) is 18.2 Å². The molecule has 0 radical (unpaired) electrons. The van der Waals surface area contributed by atoms with Gasteiger partial charge in [0.1, 0.15) is 11.5 Å². The maximum absolute atomic E-state index is 11.7. The third kappa shape index (κ3) is 3.54. The average molecular weight is 143 g/mol. The highest BCUT2D eigenvalue weighted by Gasteiger charge is 1.98. The quantitative estimate of drug-likeness (QED) is 0.475.